The average Bonchev–Trinajstić information content (AvgIpc) is 3.61. The maximum atomic E-state index is 13.8. The van der Waals surface area contributed by atoms with Gasteiger partial charge in [0.2, 0.25) is 0 Å². The number of hydrogen-bond acceptors (Lipinski definition) is 7. The molecule has 0 amide bonds. The van der Waals surface area contributed by atoms with Gasteiger partial charge >= 0.3 is 12.6 Å². The van der Waals surface area contributed by atoms with E-state index in [0.29, 0.717) is 29.3 Å². The van der Waals surface area contributed by atoms with Crippen molar-refractivity contribution in [3.63, 3.8) is 0 Å². The van der Waals surface area contributed by atoms with Gasteiger partial charge in [-0.3, -0.25) is 14.0 Å². The highest BCUT2D eigenvalue weighted by atomic mass is 19.3. The average molecular weight is 490 g/mol. The Balaban J connectivity index is 1.52. The van der Waals surface area contributed by atoms with Crippen LogP contribution in [0.15, 0.2) is 59.7 Å². The summed E-state index contributed by atoms with van der Waals surface area (Å²) in [5.74, 6) is 0.474. The van der Waals surface area contributed by atoms with Gasteiger partial charge < -0.3 is 9.47 Å². The molecule has 1 aliphatic carbocycles. The lowest BCUT2D eigenvalue weighted by Gasteiger charge is -2.13. The SMILES string of the molecule is Cn1cc2cc(-c3nc4cnc(OCC5CC5)nc4n(-c4ccc(OC(F)F)cc4)c3=O)ccc2n1. The van der Waals surface area contributed by atoms with Gasteiger partial charge in [0, 0.05) is 24.2 Å². The lowest BCUT2D eigenvalue weighted by Crippen LogP contribution is -2.23. The second-order valence-electron chi connectivity index (χ2n) is 8.67. The van der Waals surface area contributed by atoms with Crippen LogP contribution in [0.4, 0.5) is 8.78 Å². The van der Waals surface area contributed by atoms with Crippen LogP contribution in [-0.2, 0) is 7.05 Å². The number of benzene rings is 2. The molecule has 5 aromatic rings. The summed E-state index contributed by atoms with van der Waals surface area (Å²) in [6.07, 6.45) is 5.59. The molecule has 36 heavy (non-hydrogen) atoms. The molecule has 0 unspecified atom stereocenters. The van der Waals surface area contributed by atoms with E-state index in [1.165, 1.54) is 35.0 Å². The summed E-state index contributed by atoms with van der Waals surface area (Å²) < 4.78 is 38.5. The molecule has 0 atom stereocenters. The Kier molecular flexibility index (Phi) is 5.32. The number of rotatable bonds is 7. The van der Waals surface area contributed by atoms with Crippen LogP contribution in [0.2, 0.25) is 0 Å². The fourth-order valence-electron chi connectivity index (χ4n) is 4.01. The summed E-state index contributed by atoms with van der Waals surface area (Å²) in [5.41, 5.74) is 2.18. The highest BCUT2D eigenvalue weighted by molar-refractivity contribution is 5.84. The Hall–Kier alpha value is -4.41. The van der Waals surface area contributed by atoms with Crippen molar-refractivity contribution in [1.82, 2.24) is 29.3 Å². The third-order valence-corrected chi connectivity index (χ3v) is 5.94. The molecular weight excluding hydrogens is 470 g/mol. The fourth-order valence-corrected chi connectivity index (χ4v) is 4.01. The third-order valence-electron chi connectivity index (χ3n) is 5.94. The Morgan fingerprint density at radius 1 is 1.08 bits per heavy atom. The molecule has 1 aliphatic rings. The molecule has 3 heterocycles. The summed E-state index contributed by atoms with van der Waals surface area (Å²) in [6, 6.07) is 11.4. The molecule has 1 saturated carbocycles. The molecule has 1 fully saturated rings. The molecule has 0 radical (unpaired) electrons. The minimum atomic E-state index is -2.95. The molecule has 0 saturated heterocycles. The molecular formula is C25H20F2N6O3. The van der Waals surface area contributed by atoms with Gasteiger partial charge in [-0.1, -0.05) is 6.07 Å². The van der Waals surface area contributed by atoms with Crippen LogP contribution >= 0.6 is 0 Å². The lowest BCUT2D eigenvalue weighted by atomic mass is 10.1. The van der Waals surface area contributed by atoms with Crippen molar-refractivity contribution < 1.29 is 18.3 Å². The van der Waals surface area contributed by atoms with E-state index in [9.17, 15) is 13.6 Å². The maximum absolute atomic E-state index is 13.8. The molecule has 0 aliphatic heterocycles. The first-order valence-electron chi connectivity index (χ1n) is 11.4. The topological polar surface area (TPSA) is 97.0 Å². The van der Waals surface area contributed by atoms with Crippen molar-refractivity contribution in [3.8, 4) is 28.7 Å². The Morgan fingerprint density at radius 2 is 1.89 bits per heavy atom. The first kappa shape index (κ1) is 22.1. The number of alkyl halides is 2. The van der Waals surface area contributed by atoms with Crippen molar-refractivity contribution in [3.05, 3.63) is 65.2 Å². The van der Waals surface area contributed by atoms with Crippen LogP contribution in [0.3, 0.4) is 0 Å². The molecule has 11 heteroatoms. The van der Waals surface area contributed by atoms with Crippen LogP contribution in [0, 0.1) is 5.92 Å². The van der Waals surface area contributed by atoms with Gasteiger partial charge in [0.15, 0.2) is 5.65 Å². The fraction of sp³-hybridized carbons (Fsp3) is 0.240. The van der Waals surface area contributed by atoms with E-state index in [1.54, 1.807) is 10.7 Å². The van der Waals surface area contributed by atoms with Gasteiger partial charge in [0.05, 0.1) is 24.0 Å². The second-order valence-corrected chi connectivity index (χ2v) is 8.67. The summed E-state index contributed by atoms with van der Waals surface area (Å²) >= 11 is 0. The molecule has 0 spiro atoms. The summed E-state index contributed by atoms with van der Waals surface area (Å²) in [7, 11) is 1.82. The van der Waals surface area contributed by atoms with Crippen LogP contribution in [0.1, 0.15) is 12.8 Å². The third kappa shape index (κ3) is 4.23. The zero-order valence-electron chi connectivity index (χ0n) is 19.1. The first-order chi connectivity index (χ1) is 17.4. The monoisotopic (exact) mass is 490 g/mol. The molecule has 0 bridgehead atoms. The molecule has 0 N–H and O–H groups in total. The van der Waals surface area contributed by atoms with Gasteiger partial charge in [-0.05, 0) is 55.2 Å². The van der Waals surface area contributed by atoms with Crippen LogP contribution in [0.25, 0.3) is 39.0 Å². The van der Waals surface area contributed by atoms with Crippen molar-refractivity contribution in [2.24, 2.45) is 13.0 Å². The van der Waals surface area contributed by atoms with Crippen molar-refractivity contribution in [2.75, 3.05) is 6.61 Å². The number of halogens is 2. The minimum absolute atomic E-state index is 0.0227. The highest BCUT2D eigenvalue weighted by Crippen LogP contribution is 2.29. The standard InChI is InChI=1S/C25H20F2N6O3/c1-32-12-16-10-15(4-9-19(16)31-32)21-23(34)33(17-5-7-18(8-6-17)36-24(26)27)22-20(29-21)11-28-25(30-22)35-13-14-2-3-14/h4-12,14,24H,2-3,13H2,1H3. The van der Waals surface area contributed by atoms with E-state index in [-0.39, 0.29) is 23.1 Å². The van der Waals surface area contributed by atoms with Gasteiger partial charge in [0.25, 0.3) is 5.56 Å². The number of aryl methyl sites for hydroxylation is 1. The van der Waals surface area contributed by atoms with E-state index < -0.39 is 12.2 Å². The predicted molar refractivity (Wildman–Crippen MR) is 127 cm³/mol. The van der Waals surface area contributed by atoms with Gasteiger partial charge in [-0.2, -0.15) is 18.9 Å². The van der Waals surface area contributed by atoms with E-state index >= 15 is 0 Å². The van der Waals surface area contributed by atoms with Crippen molar-refractivity contribution in [2.45, 2.75) is 19.5 Å². The van der Waals surface area contributed by atoms with Gasteiger partial charge in [0.1, 0.15) is 17.0 Å². The Bertz CT molecular complexity index is 1640. The zero-order chi connectivity index (χ0) is 24.8. The molecule has 182 valence electrons. The van der Waals surface area contributed by atoms with Gasteiger partial charge in [-0.15, -0.1) is 0 Å². The number of ether oxygens (including phenoxy) is 2. The van der Waals surface area contributed by atoms with Crippen molar-refractivity contribution in [1.29, 1.82) is 0 Å². The van der Waals surface area contributed by atoms with Crippen molar-refractivity contribution >= 4 is 22.1 Å². The largest absolute Gasteiger partial charge is 0.463 e. The molecule has 3 aromatic heterocycles. The number of aromatic nitrogens is 6. The highest BCUT2D eigenvalue weighted by Gasteiger charge is 2.23. The molecule has 9 nitrogen and oxygen atoms in total. The Morgan fingerprint density at radius 3 is 2.64 bits per heavy atom. The maximum Gasteiger partial charge on any atom is 0.387 e. The minimum Gasteiger partial charge on any atom is -0.463 e. The summed E-state index contributed by atoms with van der Waals surface area (Å²) in [4.78, 5) is 27.1. The zero-order valence-corrected chi connectivity index (χ0v) is 19.1. The van der Waals surface area contributed by atoms with Crippen LogP contribution < -0.4 is 15.0 Å². The predicted octanol–water partition coefficient (Wildman–Crippen LogP) is 4.12. The van der Waals surface area contributed by atoms with E-state index in [4.69, 9.17) is 4.74 Å². The van der Waals surface area contributed by atoms with E-state index in [2.05, 4.69) is 24.8 Å². The normalized spacial score (nSPS) is 13.6. The summed E-state index contributed by atoms with van der Waals surface area (Å²) in [5, 5.41) is 5.23. The smallest absolute Gasteiger partial charge is 0.387 e. The lowest BCUT2D eigenvalue weighted by molar-refractivity contribution is -0.0498. The van der Waals surface area contributed by atoms with Gasteiger partial charge in [-0.25, -0.2) is 9.97 Å². The van der Waals surface area contributed by atoms with Crippen LogP contribution in [0.5, 0.6) is 11.8 Å². The van der Waals surface area contributed by atoms with Crippen LogP contribution in [-0.4, -0.2) is 42.5 Å². The number of hydrogen-bond donors (Lipinski definition) is 0. The number of fused-ring (bicyclic) bond motifs is 2. The van der Waals surface area contributed by atoms with E-state index in [0.717, 1.165) is 23.7 Å². The second kappa shape index (κ2) is 8.67. The quantitative estimate of drug-likeness (QED) is 0.339. The first-order valence-corrected chi connectivity index (χ1v) is 11.4. The van der Waals surface area contributed by atoms with E-state index in [1.807, 2.05) is 25.4 Å². The summed E-state index contributed by atoms with van der Waals surface area (Å²) in [6.45, 7) is -2.44. The Labute approximate surface area is 203 Å². The number of nitrogens with zero attached hydrogens (tertiary/aromatic N) is 6. The molecule has 2 aromatic carbocycles. The molecule has 6 rings (SSSR count).